The number of nitrogens with zero attached hydrogens (tertiary/aromatic N) is 4. The number of amides is 4. The molecule has 4 amide bonds. The Kier molecular flexibility index (Phi) is 23.8. The number of rotatable bonds is 26. The van der Waals surface area contributed by atoms with E-state index in [0.29, 0.717) is 116 Å². The third-order valence-electron chi connectivity index (χ3n) is 25.2. The monoisotopic (exact) mass is 1530 g/mol. The molecule has 18 nitrogen and oxygen atoms in total. The van der Waals surface area contributed by atoms with E-state index in [4.69, 9.17) is 48.1 Å². The minimum Gasteiger partial charge on any atom is -0.496 e. The van der Waals surface area contributed by atoms with Crippen molar-refractivity contribution in [3.8, 4) is 11.5 Å². The van der Waals surface area contributed by atoms with Crippen LogP contribution in [0.5, 0.6) is 11.5 Å². The number of carbonyl (C=O) groups is 4. The molecule has 4 aliphatic heterocycles. The summed E-state index contributed by atoms with van der Waals surface area (Å²) in [6.45, 7) is 54.3. The first-order valence-corrected chi connectivity index (χ1v) is 50.4. The highest BCUT2D eigenvalue weighted by atomic mass is 28.4. The second-order valence-corrected chi connectivity index (χ2v) is 56.5. The Bertz CT molecular complexity index is 4060. The van der Waals surface area contributed by atoms with Crippen molar-refractivity contribution in [1.82, 2.24) is 19.6 Å². The van der Waals surface area contributed by atoms with Gasteiger partial charge in [0, 0.05) is 35.9 Å². The van der Waals surface area contributed by atoms with E-state index in [1.807, 2.05) is 111 Å². The second-order valence-electron chi connectivity index (χ2n) is 37.3. The van der Waals surface area contributed by atoms with Crippen molar-refractivity contribution in [1.29, 1.82) is 0 Å². The van der Waals surface area contributed by atoms with Crippen molar-refractivity contribution in [3.63, 3.8) is 0 Å². The predicted molar refractivity (Wildman–Crippen MR) is 442 cm³/mol. The molecule has 10 rings (SSSR count). The van der Waals surface area contributed by atoms with Gasteiger partial charge in [-0.1, -0.05) is 142 Å². The maximum Gasteiger partial charge on any atom is 0.262 e. The molecule has 0 bridgehead atoms. The number of nitrogens with two attached hydrogens (primary N) is 2. The van der Waals surface area contributed by atoms with Crippen LogP contribution in [-0.2, 0) is 36.8 Å². The molecule has 0 fully saturated rings. The zero-order chi connectivity index (χ0) is 79.0. The van der Waals surface area contributed by atoms with Gasteiger partial charge in [-0.05, 0) is 190 Å². The summed E-state index contributed by atoms with van der Waals surface area (Å²) in [5.74, 6) is -1.81. The summed E-state index contributed by atoms with van der Waals surface area (Å²) in [6, 6.07) is 14.4. The normalized spacial score (nSPS) is 21.1. The molecule has 1 unspecified atom stereocenters. The summed E-state index contributed by atoms with van der Waals surface area (Å²) in [5, 5.41) is 2.71. The van der Waals surface area contributed by atoms with Crippen molar-refractivity contribution < 1.29 is 55.8 Å². The van der Waals surface area contributed by atoms with Gasteiger partial charge < -0.3 is 67.7 Å². The Morgan fingerprint density at radius 2 is 0.710 bits per heavy atom. The zero-order valence-corrected chi connectivity index (χ0v) is 73.4. The van der Waals surface area contributed by atoms with Gasteiger partial charge in [-0.25, -0.2) is 0 Å². The molecular weight excluding hydrogens is 1410 g/mol. The molecule has 4 aromatic rings. The van der Waals surface area contributed by atoms with Gasteiger partial charge in [0.15, 0.2) is 33.3 Å². The van der Waals surface area contributed by atoms with E-state index < -0.39 is 45.1 Å². The molecule has 2 aliphatic carbocycles. The van der Waals surface area contributed by atoms with Crippen LogP contribution in [0.4, 0.5) is 0 Å². The van der Waals surface area contributed by atoms with Crippen LogP contribution in [-0.4, -0.2) is 155 Å². The van der Waals surface area contributed by atoms with E-state index in [1.165, 1.54) is 0 Å². The van der Waals surface area contributed by atoms with Crippen LogP contribution in [0.1, 0.15) is 211 Å². The lowest BCUT2D eigenvalue weighted by molar-refractivity contribution is -0.132. The minimum atomic E-state index is -2.24. The molecule has 0 saturated heterocycles. The van der Waals surface area contributed by atoms with Gasteiger partial charge in [0.2, 0.25) is 11.8 Å². The van der Waals surface area contributed by atoms with Crippen LogP contribution in [0.3, 0.4) is 0 Å². The fourth-order valence-corrected chi connectivity index (χ4v) is 18.8. The molecule has 6 aliphatic rings. The van der Waals surface area contributed by atoms with E-state index >= 15 is 19.2 Å². The van der Waals surface area contributed by atoms with Crippen LogP contribution in [0, 0.1) is 0 Å². The maximum atomic E-state index is 15.9. The Balaban J connectivity index is 1.01. The third-order valence-corrected chi connectivity index (χ3v) is 43.2. The Morgan fingerprint density at radius 3 is 0.991 bits per heavy atom. The molecule has 0 saturated carbocycles. The van der Waals surface area contributed by atoms with E-state index in [-0.39, 0.29) is 115 Å². The average molecular weight is 1540 g/mol. The number of ether oxygens (including phenoxy) is 4. The van der Waals surface area contributed by atoms with E-state index in [0.717, 1.165) is 33.1 Å². The smallest absolute Gasteiger partial charge is 0.262 e. The highest BCUT2D eigenvalue weighted by molar-refractivity contribution is 6.75. The maximum absolute atomic E-state index is 15.9. The second kappa shape index (κ2) is 30.8. The van der Waals surface area contributed by atoms with Crippen molar-refractivity contribution in [3.05, 3.63) is 140 Å². The lowest BCUT2D eigenvalue weighted by Gasteiger charge is -2.39. The van der Waals surface area contributed by atoms with Crippen LogP contribution < -0.4 is 20.9 Å². The first-order valence-electron chi connectivity index (χ1n) is 38.7. The van der Waals surface area contributed by atoms with Gasteiger partial charge in [0.25, 0.3) is 11.8 Å². The molecule has 107 heavy (non-hydrogen) atoms. The molecule has 4 heterocycles. The summed E-state index contributed by atoms with van der Waals surface area (Å²) in [7, 11) is -5.80. The van der Waals surface area contributed by atoms with Gasteiger partial charge in [-0.3, -0.25) is 19.2 Å². The molecule has 0 aromatic heterocycles. The molecule has 0 radical (unpaired) electrons. The number of hydrogen-bond donors (Lipinski definition) is 2. The van der Waals surface area contributed by atoms with Gasteiger partial charge in [0.1, 0.15) is 34.9 Å². The lowest BCUT2D eigenvalue weighted by Crippen LogP contribution is -2.46. The quantitative estimate of drug-likeness (QED) is 0.0443. The largest absolute Gasteiger partial charge is 0.496 e. The molecule has 0 spiro atoms. The van der Waals surface area contributed by atoms with Crippen LogP contribution in [0.2, 0.25) is 72.5 Å². The molecule has 584 valence electrons. The Morgan fingerprint density at radius 1 is 0.430 bits per heavy atom. The van der Waals surface area contributed by atoms with Gasteiger partial charge >= 0.3 is 0 Å². The molecule has 4 N–H and O–H groups in total. The van der Waals surface area contributed by atoms with Gasteiger partial charge in [-0.2, -0.15) is 0 Å². The lowest BCUT2D eigenvalue weighted by atomic mass is 9.79. The van der Waals surface area contributed by atoms with Gasteiger partial charge in [0.05, 0.1) is 101 Å². The summed E-state index contributed by atoms with van der Waals surface area (Å²) >= 11 is 0. The molecule has 22 heteroatoms. The molecule has 6 atom stereocenters. The Labute approximate surface area is 643 Å². The van der Waals surface area contributed by atoms with Crippen LogP contribution >= 0.6 is 0 Å². The predicted octanol–water partition coefficient (Wildman–Crippen LogP) is 18.7. The van der Waals surface area contributed by atoms with Crippen LogP contribution in [0.15, 0.2) is 107 Å². The minimum absolute atomic E-state index is 0.0444. The first kappa shape index (κ1) is 82.7. The summed E-state index contributed by atoms with van der Waals surface area (Å²) in [4.78, 5) is 70.8. The summed E-state index contributed by atoms with van der Waals surface area (Å²) in [6.07, 6.45) is 11.8. The molecule has 4 aromatic carbocycles. The molecular formula is C85H126N6O12Si4. The number of unbranched alkanes of at least 4 members (excludes halogenated alkanes) is 2. The topological polar surface area (TPSA) is 207 Å². The van der Waals surface area contributed by atoms with Crippen molar-refractivity contribution in [2.24, 2.45) is 11.5 Å². The highest BCUT2D eigenvalue weighted by Crippen LogP contribution is 2.52. The highest BCUT2D eigenvalue weighted by Gasteiger charge is 2.49. The SMILES string of the molecule is COc1cc2cccc3c2c(c1C(=O)N1C=C(C)C[C@H]1CO[Si](C)(C)C(C)(C)C)C(OCCCCCOC1=C(N)[C@@H](C(=O)N2C=C(C)C[C@H]2CO[Si](C)(C)C(C)(C)C)c2cccc4cc(OC)c(C(=O)N5C=C(C)C[C@H]5CO[Si](C)(C)C(C)(C)C)c1c24)=C(N)C3C(=O)N1C=C(C)C[C@H]1CO[Si](C)(C)C(C)(C)C. The average Bonchev–Trinajstić information content (AvgIpc) is 1.49. The van der Waals surface area contributed by atoms with Crippen molar-refractivity contribution in [2.45, 2.75) is 264 Å². The standard InChI is InChI=1S/C85H126N6O12Si4/c1-52-38-58(48-100-104(19,20)82(5,6)7)88(44-52)78(92)68-62-34-30-32-56-42-64(96-17)70(80(94)90-46-54(3)40-60(90)50-102-106(23,24)84(11,12)13)72(66(56)62)76(74(68)86)98-36-28-27-29-37-99-77-73-67-57(43-65(97-18)71(73)81(95)91-47-55(4)41-61(91)51-103-107(25,26)85(14,15)16)33-31-35-63(67)69(75(77)87)79(93)89-45-53(2)39-59(89)49-101-105(21,22)83(8,9)10/h30-35,42-47,58-61,68-69H,27-29,36-41,48-51,86-87H2,1-26H3/t58-,59-,60-,61-,68-,69?/m0/s1. The van der Waals surface area contributed by atoms with Crippen molar-refractivity contribution in [2.75, 3.05) is 53.9 Å². The van der Waals surface area contributed by atoms with Crippen molar-refractivity contribution >= 4 is 90.0 Å². The Hall–Kier alpha value is -6.77. The fourth-order valence-electron chi connectivity index (χ4n) is 14.7. The number of carbonyl (C=O) groups excluding carboxylic acids is 4. The number of benzene rings is 4. The van der Waals surface area contributed by atoms with E-state index in [1.54, 1.807) is 24.0 Å². The van der Waals surface area contributed by atoms with Gasteiger partial charge in [-0.15, -0.1) is 0 Å². The van der Waals surface area contributed by atoms with Crippen LogP contribution in [0.25, 0.3) is 33.1 Å². The van der Waals surface area contributed by atoms with E-state index in [9.17, 15) is 0 Å². The number of methoxy groups -OCH3 is 2. The first-order chi connectivity index (χ1) is 49.7. The third kappa shape index (κ3) is 16.4. The van der Waals surface area contributed by atoms with E-state index in [2.05, 4.69) is 135 Å². The fraction of sp³-hybridized carbons (Fsp3) is 0.576. The summed E-state index contributed by atoms with van der Waals surface area (Å²) < 4.78 is 54.2. The number of hydrogen-bond acceptors (Lipinski definition) is 14. The zero-order valence-electron chi connectivity index (χ0n) is 69.4. The summed E-state index contributed by atoms with van der Waals surface area (Å²) in [5.41, 5.74) is 22.7.